The first-order chi connectivity index (χ1) is 10.2. The number of rotatable bonds is 5. The summed E-state index contributed by atoms with van der Waals surface area (Å²) in [6.45, 7) is 1.99. The quantitative estimate of drug-likeness (QED) is 0.886. The molecule has 1 fully saturated rings. The summed E-state index contributed by atoms with van der Waals surface area (Å²) < 4.78 is 0. The van der Waals surface area contributed by atoms with Crippen LogP contribution in [-0.4, -0.2) is 22.0 Å². The molecule has 8 heteroatoms. The minimum absolute atomic E-state index is 0.0421. The molecule has 2 aromatic heterocycles. The molecule has 2 heterocycles. The number of hydrogen-bond donors (Lipinski definition) is 2. The zero-order chi connectivity index (χ0) is 14.8. The molecule has 1 aliphatic carbocycles. The summed E-state index contributed by atoms with van der Waals surface area (Å²) in [6, 6.07) is 3.45. The third-order valence-corrected chi connectivity index (χ3v) is 5.00. The molecule has 0 radical (unpaired) electrons. The maximum absolute atomic E-state index is 12.1. The van der Waals surface area contributed by atoms with Gasteiger partial charge in [0.2, 0.25) is 11.0 Å². The molecular weight excluding hydrogens is 308 g/mol. The van der Waals surface area contributed by atoms with Crippen LogP contribution in [0, 0.1) is 5.92 Å². The van der Waals surface area contributed by atoms with Gasteiger partial charge in [-0.1, -0.05) is 18.3 Å². The van der Waals surface area contributed by atoms with E-state index >= 15 is 0 Å². The van der Waals surface area contributed by atoms with E-state index in [1.54, 1.807) is 12.1 Å². The van der Waals surface area contributed by atoms with Crippen LogP contribution in [0.25, 0.3) is 0 Å². The van der Waals surface area contributed by atoms with Gasteiger partial charge in [0, 0.05) is 5.92 Å². The number of aryl methyl sites for hydroxylation is 1. The van der Waals surface area contributed by atoms with Crippen molar-refractivity contribution in [2.45, 2.75) is 26.2 Å². The summed E-state index contributed by atoms with van der Waals surface area (Å²) in [7, 11) is 0. The van der Waals surface area contributed by atoms with E-state index in [1.165, 1.54) is 22.7 Å². The van der Waals surface area contributed by atoms with E-state index in [4.69, 9.17) is 0 Å². The highest BCUT2D eigenvalue weighted by Crippen LogP contribution is 2.31. The molecule has 3 rings (SSSR count). The maximum Gasteiger partial charge on any atom is 0.267 e. The highest BCUT2D eigenvalue weighted by molar-refractivity contribution is 7.18. The summed E-state index contributed by atoms with van der Waals surface area (Å²) in [5.74, 6) is -0.0375. The van der Waals surface area contributed by atoms with Gasteiger partial charge in [-0.15, -0.1) is 21.5 Å². The molecule has 0 aromatic carbocycles. The van der Waals surface area contributed by atoms with Gasteiger partial charge >= 0.3 is 0 Å². The van der Waals surface area contributed by atoms with Crippen molar-refractivity contribution < 1.29 is 9.59 Å². The van der Waals surface area contributed by atoms with Crippen LogP contribution in [0.4, 0.5) is 10.1 Å². The van der Waals surface area contributed by atoms with Crippen molar-refractivity contribution in [1.29, 1.82) is 0 Å². The van der Waals surface area contributed by atoms with Crippen molar-refractivity contribution in [1.82, 2.24) is 10.2 Å². The topological polar surface area (TPSA) is 84.0 Å². The van der Waals surface area contributed by atoms with Gasteiger partial charge in [0.05, 0.1) is 9.88 Å². The Morgan fingerprint density at radius 3 is 2.71 bits per heavy atom. The Bertz CT molecular complexity index is 675. The molecule has 2 aromatic rings. The number of carbonyl (C=O) groups is 2. The van der Waals surface area contributed by atoms with Crippen LogP contribution in [0.15, 0.2) is 12.1 Å². The first kappa shape index (κ1) is 14.2. The first-order valence-corrected chi connectivity index (χ1v) is 8.33. The Hall–Kier alpha value is -1.80. The van der Waals surface area contributed by atoms with E-state index in [9.17, 15) is 9.59 Å². The number of aromatic nitrogens is 2. The first-order valence-electron chi connectivity index (χ1n) is 6.70. The number of hydrogen-bond acceptors (Lipinski definition) is 6. The van der Waals surface area contributed by atoms with Crippen LogP contribution in [0.5, 0.6) is 0 Å². The molecule has 1 aliphatic rings. The Morgan fingerprint density at radius 1 is 1.24 bits per heavy atom. The molecule has 21 heavy (non-hydrogen) atoms. The van der Waals surface area contributed by atoms with Gasteiger partial charge < -0.3 is 5.32 Å². The Labute approximate surface area is 129 Å². The SMILES string of the molecule is CCc1nnc(NC(=O)c2ccc(NC(=O)C3CC3)s2)s1. The van der Waals surface area contributed by atoms with Gasteiger partial charge in [-0.05, 0) is 31.4 Å². The van der Waals surface area contributed by atoms with Gasteiger partial charge in [-0.25, -0.2) is 0 Å². The predicted octanol–water partition coefficient (Wildman–Crippen LogP) is 2.76. The lowest BCUT2D eigenvalue weighted by Gasteiger charge is -1.99. The summed E-state index contributed by atoms with van der Waals surface area (Å²) in [5.41, 5.74) is 0. The molecule has 0 unspecified atom stereocenters. The second-order valence-corrected chi connectivity index (χ2v) is 6.88. The van der Waals surface area contributed by atoms with Crippen molar-refractivity contribution in [3.63, 3.8) is 0 Å². The molecule has 0 bridgehead atoms. The maximum atomic E-state index is 12.1. The van der Waals surface area contributed by atoms with E-state index in [1.807, 2.05) is 6.92 Å². The number of nitrogens with one attached hydrogen (secondary N) is 2. The fraction of sp³-hybridized carbons (Fsp3) is 0.385. The number of nitrogens with zero attached hydrogens (tertiary/aromatic N) is 2. The van der Waals surface area contributed by atoms with Crippen LogP contribution in [-0.2, 0) is 11.2 Å². The largest absolute Gasteiger partial charge is 0.317 e. The van der Waals surface area contributed by atoms with E-state index in [2.05, 4.69) is 20.8 Å². The summed E-state index contributed by atoms with van der Waals surface area (Å²) in [5, 5.41) is 15.5. The van der Waals surface area contributed by atoms with Crippen LogP contribution in [0.2, 0.25) is 0 Å². The second kappa shape index (κ2) is 5.90. The Balaban J connectivity index is 1.61. The minimum Gasteiger partial charge on any atom is -0.317 e. The number of thiophene rings is 1. The summed E-state index contributed by atoms with van der Waals surface area (Å²) in [6.07, 6.45) is 2.71. The third kappa shape index (κ3) is 3.45. The van der Waals surface area contributed by atoms with E-state index in [-0.39, 0.29) is 17.7 Å². The van der Waals surface area contributed by atoms with Crippen LogP contribution < -0.4 is 10.6 Å². The van der Waals surface area contributed by atoms with Gasteiger partial charge in [-0.2, -0.15) is 0 Å². The number of carbonyl (C=O) groups excluding carboxylic acids is 2. The minimum atomic E-state index is -0.231. The number of anilines is 2. The predicted molar refractivity (Wildman–Crippen MR) is 82.9 cm³/mol. The molecule has 110 valence electrons. The van der Waals surface area contributed by atoms with E-state index in [0.29, 0.717) is 15.0 Å². The second-order valence-electron chi connectivity index (χ2n) is 4.74. The molecule has 0 spiro atoms. The fourth-order valence-electron chi connectivity index (χ4n) is 1.70. The number of amides is 2. The zero-order valence-electron chi connectivity index (χ0n) is 11.4. The van der Waals surface area contributed by atoms with Gasteiger partial charge in [0.15, 0.2) is 0 Å². The van der Waals surface area contributed by atoms with Gasteiger partial charge in [0.25, 0.3) is 5.91 Å². The molecule has 0 aliphatic heterocycles. The molecular formula is C13H14N4O2S2. The van der Waals surface area contributed by atoms with Crippen molar-refractivity contribution in [2.75, 3.05) is 10.6 Å². The lowest BCUT2D eigenvalue weighted by atomic mass is 10.4. The standard InChI is InChI=1S/C13H14N4O2S2/c1-2-9-16-17-13(21-9)15-12(19)8-5-6-10(20-8)14-11(18)7-3-4-7/h5-7H,2-4H2,1H3,(H,14,18)(H,15,17,19). The van der Waals surface area contributed by atoms with Crippen molar-refractivity contribution in [3.05, 3.63) is 22.0 Å². The molecule has 2 amide bonds. The summed E-state index contributed by atoms with van der Waals surface area (Å²) >= 11 is 2.62. The smallest absolute Gasteiger partial charge is 0.267 e. The molecule has 0 saturated heterocycles. The zero-order valence-corrected chi connectivity index (χ0v) is 13.0. The summed E-state index contributed by atoms with van der Waals surface area (Å²) in [4.78, 5) is 24.3. The molecule has 2 N–H and O–H groups in total. The monoisotopic (exact) mass is 322 g/mol. The van der Waals surface area contributed by atoms with Crippen LogP contribution in [0.1, 0.15) is 34.4 Å². The average molecular weight is 322 g/mol. The van der Waals surface area contributed by atoms with E-state index < -0.39 is 0 Å². The average Bonchev–Trinajstić information content (AvgIpc) is 3.06. The lowest BCUT2D eigenvalue weighted by molar-refractivity contribution is -0.117. The van der Waals surface area contributed by atoms with Crippen LogP contribution >= 0.6 is 22.7 Å². The highest BCUT2D eigenvalue weighted by atomic mass is 32.1. The van der Waals surface area contributed by atoms with Crippen molar-refractivity contribution >= 4 is 44.6 Å². The fourth-order valence-corrected chi connectivity index (χ4v) is 3.18. The highest BCUT2D eigenvalue weighted by Gasteiger charge is 2.29. The van der Waals surface area contributed by atoms with Crippen molar-refractivity contribution in [2.24, 2.45) is 5.92 Å². The molecule has 6 nitrogen and oxygen atoms in total. The molecule has 0 atom stereocenters. The van der Waals surface area contributed by atoms with E-state index in [0.717, 1.165) is 24.3 Å². The third-order valence-electron chi connectivity index (χ3n) is 3.01. The van der Waals surface area contributed by atoms with Crippen molar-refractivity contribution in [3.8, 4) is 0 Å². The van der Waals surface area contributed by atoms with Gasteiger partial charge in [0.1, 0.15) is 5.01 Å². The van der Waals surface area contributed by atoms with Gasteiger partial charge in [-0.3, -0.25) is 14.9 Å². The van der Waals surface area contributed by atoms with Crippen LogP contribution in [0.3, 0.4) is 0 Å². The Morgan fingerprint density at radius 2 is 2.05 bits per heavy atom. The Kier molecular flexibility index (Phi) is 3.98. The molecule has 1 saturated carbocycles. The normalized spacial score (nSPS) is 14.0. The lowest BCUT2D eigenvalue weighted by Crippen LogP contribution is -2.12.